The lowest BCUT2D eigenvalue weighted by molar-refractivity contribution is -0.139. The number of halogens is 3. The third-order valence-corrected chi connectivity index (χ3v) is 5.61. The molecule has 1 aliphatic carbocycles. The van der Waals surface area contributed by atoms with E-state index in [0.29, 0.717) is 27.2 Å². The maximum atomic E-state index is 10.8. The van der Waals surface area contributed by atoms with Crippen LogP contribution < -0.4 is 4.74 Å². The van der Waals surface area contributed by atoms with Gasteiger partial charge < -0.3 is 14.4 Å². The van der Waals surface area contributed by atoms with Crippen LogP contribution in [0.5, 0.6) is 5.75 Å². The van der Waals surface area contributed by atoms with E-state index in [4.69, 9.17) is 37.6 Å². The lowest BCUT2D eigenvalue weighted by atomic mass is 9.95. The van der Waals surface area contributed by atoms with E-state index in [1.165, 1.54) is 0 Å². The zero-order valence-electron chi connectivity index (χ0n) is 14.3. The van der Waals surface area contributed by atoms with Crippen molar-refractivity contribution in [2.24, 2.45) is 0 Å². The van der Waals surface area contributed by atoms with Crippen molar-refractivity contribution in [2.45, 2.75) is 18.3 Å². The summed E-state index contributed by atoms with van der Waals surface area (Å²) >= 11 is 15.8. The molecule has 1 heterocycles. The van der Waals surface area contributed by atoms with E-state index in [-0.39, 0.29) is 5.89 Å². The quantitative estimate of drug-likeness (QED) is 0.508. The summed E-state index contributed by atoms with van der Waals surface area (Å²) in [6, 6.07) is 10.5. The van der Waals surface area contributed by atoms with E-state index in [2.05, 4.69) is 26.1 Å². The molecule has 144 valence electrons. The summed E-state index contributed by atoms with van der Waals surface area (Å²) in [6.45, 7) is -0.472. The number of aromatic nitrogens is 2. The monoisotopic (exact) mass is 482 g/mol. The highest BCUT2D eigenvalue weighted by Gasteiger charge is 2.51. The number of nitrogens with zero attached hydrogens (tertiary/aromatic N) is 2. The van der Waals surface area contributed by atoms with E-state index in [1.807, 2.05) is 6.07 Å². The summed E-state index contributed by atoms with van der Waals surface area (Å²) < 4.78 is 11.6. The number of rotatable bonds is 6. The fraction of sp³-hybridized carbons (Fsp3) is 0.211. The van der Waals surface area contributed by atoms with Crippen molar-refractivity contribution in [1.29, 1.82) is 0 Å². The van der Waals surface area contributed by atoms with Crippen molar-refractivity contribution >= 4 is 45.1 Å². The Morgan fingerprint density at radius 1 is 1.25 bits per heavy atom. The second kappa shape index (κ2) is 7.39. The fourth-order valence-corrected chi connectivity index (χ4v) is 4.03. The Labute approximate surface area is 178 Å². The average molecular weight is 484 g/mol. The van der Waals surface area contributed by atoms with Gasteiger partial charge in [0, 0.05) is 14.5 Å². The van der Waals surface area contributed by atoms with Crippen LogP contribution >= 0.6 is 39.1 Å². The van der Waals surface area contributed by atoms with Gasteiger partial charge in [0.25, 0.3) is 5.89 Å². The molecule has 1 aromatic heterocycles. The van der Waals surface area contributed by atoms with Gasteiger partial charge in [-0.05, 0) is 48.7 Å². The number of hydrogen-bond donors (Lipinski definition) is 1. The summed E-state index contributed by atoms with van der Waals surface area (Å²) in [5.74, 6) is 0.0357. The minimum atomic E-state index is -1.07. The highest BCUT2D eigenvalue weighted by atomic mass is 79.9. The molecule has 0 spiro atoms. The predicted octanol–water partition coefficient (Wildman–Crippen LogP) is 5.35. The number of aliphatic carboxylic acids is 1. The van der Waals surface area contributed by atoms with Crippen LogP contribution in [0.3, 0.4) is 0 Å². The second-order valence-corrected chi connectivity index (χ2v) is 8.21. The van der Waals surface area contributed by atoms with Crippen molar-refractivity contribution in [1.82, 2.24) is 10.1 Å². The molecule has 0 aliphatic heterocycles. The molecule has 1 aliphatic rings. The number of hydrogen-bond acceptors (Lipinski definition) is 5. The third kappa shape index (κ3) is 3.62. The molecule has 1 fully saturated rings. The minimum Gasteiger partial charge on any atom is -0.481 e. The van der Waals surface area contributed by atoms with Gasteiger partial charge in [0.05, 0.1) is 11.0 Å². The summed E-state index contributed by atoms with van der Waals surface area (Å²) in [6.07, 6.45) is 1.68. The average Bonchev–Trinajstić information content (AvgIpc) is 3.29. The summed E-state index contributed by atoms with van der Waals surface area (Å²) in [7, 11) is 0. The zero-order valence-corrected chi connectivity index (χ0v) is 17.4. The zero-order chi connectivity index (χ0) is 19.9. The highest BCUT2D eigenvalue weighted by molar-refractivity contribution is 9.10. The second-order valence-electron chi connectivity index (χ2n) is 6.45. The van der Waals surface area contributed by atoms with Crippen LogP contribution in [0.25, 0.3) is 11.5 Å². The molecule has 0 unspecified atom stereocenters. The van der Waals surface area contributed by atoms with Gasteiger partial charge in [-0.15, -0.1) is 0 Å². The first-order valence-electron chi connectivity index (χ1n) is 8.33. The summed E-state index contributed by atoms with van der Waals surface area (Å²) in [4.78, 5) is 15.4. The molecule has 28 heavy (non-hydrogen) atoms. The molecule has 0 saturated heterocycles. The Balaban J connectivity index is 1.70. The van der Waals surface area contributed by atoms with Crippen molar-refractivity contribution in [3.63, 3.8) is 0 Å². The number of benzene rings is 2. The topological polar surface area (TPSA) is 85.5 Å². The van der Waals surface area contributed by atoms with Crippen LogP contribution in [0.15, 0.2) is 45.4 Å². The summed E-state index contributed by atoms with van der Waals surface area (Å²) in [5, 5.41) is 14.2. The van der Waals surface area contributed by atoms with Crippen molar-refractivity contribution in [3.05, 3.63) is 62.3 Å². The van der Waals surface area contributed by atoms with Gasteiger partial charge in [-0.25, -0.2) is 4.79 Å². The van der Waals surface area contributed by atoms with Gasteiger partial charge in [-0.1, -0.05) is 50.4 Å². The predicted molar refractivity (Wildman–Crippen MR) is 107 cm³/mol. The van der Waals surface area contributed by atoms with E-state index >= 15 is 0 Å². The van der Waals surface area contributed by atoms with Gasteiger partial charge >= 0.3 is 5.97 Å². The van der Waals surface area contributed by atoms with Crippen molar-refractivity contribution < 1.29 is 19.2 Å². The van der Waals surface area contributed by atoms with Gasteiger partial charge in [0.15, 0.2) is 12.4 Å². The van der Waals surface area contributed by atoms with Crippen molar-refractivity contribution in [2.75, 3.05) is 6.61 Å². The Hall–Kier alpha value is -2.09. The third-order valence-electron chi connectivity index (χ3n) is 4.57. The molecule has 0 bridgehead atoms. The van der Waals surface area contributed by atoms with E-state index < -0.39 is 18.0 Å². The van der Waals surface area contributed by atoms with Crippen LogP contribution in [0.2, 0.25) is 10.0 Å². The summed E-state index contributed by atoms with van der Waals surface area (Å²) in [5.41, 5.74) is 1.01. The van der Waals surface area contributed by atoms with Gasteiger partial charge in [-0.3, -0.25) is 0 Å². The Morgan fingerprint density at radius 2 is 2.04 bits per heavy atom. The molecule has 0 atom stereocenters. The smallest absolute Gasteiger partial charge is 0.341 e. The first-order chi connectivity index (χ1) is 13.4. The van der Waals surface area contributed by atoms with Crippen LogP contribution in [-0.2, 0) is 10.2 Å². The van der Waals surface area contributed by atoms with Crippen LogP contribution in [0, 0.1) is 0 Å². The van der Waals surface area contributed by atoms with E-state index in [9.17, 15) is 4.79 Å². The molecule has 3 aromatic rings. The highest BCUT2D eigenvalue weighted by Crippen LogP contribution is 2.54. The van der Waals surface area contributed by atoms with Gasteiger partial charge in [0.1, 0.15) is 5.75 Å². The molecular formula is C19H13BrCl2N2O4. The number of carboxylic acids is 1. The fourth-order valence-electron chi connectivity index (χ4n) is 3.08. The maximum absolute atomic E-state index is 10.8. The standard InChI is InChI=1S/C19H13BrCl2N2O4/c20-10-1-4-15(27-9-16(25)26)12(7-10)17-23-18(24-28-17)19(5-6-19)13-3-2-11(21)8-14(13)22/h1-4,7-8H,5-6,9H2,(H,25,26). The molecule has 4 rings (SSSR count). The first-order valence-corrected chi connectivity index (χ1v) is 9.88. The van der Waals surface area contributed by atoms with E-state index in [0.717, 1.165) is 22.9 Å². The van der Waals surface area contributed by atoms with Gasteiger partial charge in [-0.2, -0.15) is 4.98 Å². The Morgan fingerprint density at radius 3 is 2.71 bits per heavy atom. The van der Waals surface area contributed by atoms with Crippen LogP contribution in [-0.4, -0.2) is 27.8 Å². The minimum absolute atomic E-state index is 0.244. The normalized spacial score (nSPS) is 14.7. The number of carboxylic acid groups (broad SMARTS) is 1. The molecule has 0 amide bonds. The first kappa shape index (κ1) is 19.2. The molecule has 6 nitrogen and oxygen atoms in total. The molecule has 1 saturated carbocycles. The van der Waals surface area contributed by atoms with Gasteiger partial charge in [0.2, 0.25) is 0 Å². The lowest BCUT2D eigenvalue weighted by Crippen LogP contribution is -2.11. The molecular weight excluding hydrogens is 471 g/mol. The SMILES string of the molecule is O=C(O)COc1ccc(Br)cc1-c1nc(C2(c3ccc(Cl)cc3Cl)CC2)no1. The van der Waals surface area contributed by atoms with E-state index in [1.54, 1.807) is 30.3 Å². The molecule has 1 N–H and O–H groups in total. The van der Waals surface area contributed by atoms with Crippen LogP contribution in [0.1, 0.15) is 24.2 Å². The molecule has 0 radical (unpaired) electrons. The number of carbonyl (C=O) groups is 1. The Bertz CT molecular complexity index is 1070. The molecule has 2 aromatic carbocycles. The maximum Gasteiger partial charge on any atom is 0.341 e. The van der Waals surface area contributed by atoms with Crippen molar-refractivity contribution in [3.8, 4) is 17.2 Å². The molecule has 9 heteroatoms. The lowest BCUT2D eigenvalue weighted by Gasteiger charge is -2.13. The van der Waals surface area contributed by atoms with Crippen LogP contribution in [0.4, 0.5) is 0 Å². The number of ether oxygens (including phenoxy) is 1. The Kier molecular flexibility index (Phi) is 5.07. The largest absolute Gasteiger partial charge is 0.481 e.